The summed E-state index contributed by atoms with van der Waals surface area (Å²) in [6, 6.07) is 14.5. The number of amides is 4. The Kier molecular flexibility index (Phi) is 29.5. The van der Waals surface area contributed by atoms with Gasteiger partial charge in [-0.1, -0.05) is 24.3 Å². The zero-order valence-corrected chi connectivity index (χ0v) is 71.8. The third-order valence-electron chi connectivity index (χ3n) is 24.0. The van der Waals surface area contributed by atoms with Crippen LogP contribution in [0, 0.1) is 76.0 Å². The first kappa shape index (κ1) is 95.7. The van der Waals surface area contributed by atoms with Gasteiger partial charge in [-0.2, -0.15) is 26.3 Å². The maximum Gasteiger partial charge on any atom is 0.434 e. The number of carbonyl (C=O) groups excluding carboxylic acids is 4. The SMILES string of the molecule is O=C(C1CCS(=O)(=O)CC1)N1CCN(c2ccc(C(F)(F)F)cn2)CC1c1ccc(F)c(F)c1.O=C(C1CCS(=O)(=O)CC1)N1CCN(c2cnc(C(F)(F)F)cn2)CC1c1ccc(F)c(F)c1.O=C(C1CCS(=O)(=O)CC1)N1CCN(c2ncc(F)cn2)CC1c1ccc(F)cc1F.O=C(C1CCS(=O)(=O)CC1)N1CCN(c2ncccn2)CC1c1ccc(F)c(F)c1. The molecule has 8 fully saturated rings. The van der Waals surface area contributed by atoms with E-state index in [1.54, 1.807) is 38.1 Å². The van der Waals surface area contributed by atoms with Crippen molar-refractivity contribution in [3.8, 4) is 0 Å². The van der Waals surface area contributed by atoms with Gasteiger partial charge in [0, 0.05) is 132 Å². The largest absolute Gasteiger partial charge is 0.434 e. The van der Waals surface area contributed by atoms with Gasteiger partial charge in [0.05, 0.1) is 101 Å². The van der Waals surface area contributed by atoms with Crippen LogP contribution in [-0.4, -0.2) is 236 Å². The quantitative estimate of drug-likeness (QED) is 0.103. The lowest BCUT2D eigenvalue weighted by Gasteiger charge is -2.43. The fourth-order valence-electron chi connectivity index (χ4n) is 16.8. The molecule has 694 valence electrons. The first-order valence-corrected chi connectivity index (χ1v) is 48.2. The first-order chi connectivity index (χ1) is 61.0. The molecule has 4 amide bonds. The summed E-state index contributed by atoms with van der Waals surface area (Å²) in [5, 5.41) is 0. The van der Waals surface area contributed by atoms with Crippen molar-refractivity contribution in [2.75, 3.05) is 144 Å². The summed E-state index contributed by atoms with van der Waals surface area (Å²) in [6.45, 7) is 2.77. The second-order valence-electron chi connectivity index (χ2n) is 32.3. The first-order valence-electron chi connectivity index (χ1n) is 41.0. The van der Waals surface area contributed by atoms with Crippen LogP contribution in [0.25, 0.3) is 0 Å². The lowest BCUT2D eigenvalue weighted by atomic mass is 9.96. The summed E-state index contributed by atoms with van der Waals surface area (Å²) in [4.78, 5) is 93.8. The molecule has 4 aromatic carbocycles. The number of nitrogens with zero attached hydrogens (tertiary/aromatic N) is 15. The number of anilines is 4. The van der Waals surface area contributed by atoms with Crippen molar-refractivity contribution in [3.05, 3.63) is 220 Å². The van der Waals surface area contributed by atoms with Gasteiger partial charge in [-0.3, -0.25) is 19.2 Å². The molecule has 27 nitrogen and oxygen atoms in total. The Bertz CT molecular complexity index is 5640. The van der Waals surface area contributed by atoms with Crippen LogP contribution < -0.4 is 19.6 Å². The van der Waals surface area contributed by atoms with Crippen LogP contribution in [0.4, 0.5) is 89.4 Å². The molecule has 0 bridgehead atoms. The van der Waals surface area contributed by atoms with Crippen molar-refractivity contribution in [2.24, 2.45) is 23.7 Å². The minimum atomic E-state index is -4.64. The van der Waals surface area contributed by atoms with Crippen LogP contribution in [0.2, 0.25) is 0 Å². The maximum absolute atomic E-state index is 14.6. The van der Waals surface area contributed by atoms with Crippen molar-refractivity contribution in [1.82, 2.24) is 54.5 Å². The Morgan fingerprint density at radius 3 is 1.00 bits per heavy atom. The van der Waals surface area contributed by atoms with Gasteiger partial charge in [-0.15, -0.1) is 0 Å². The van der Waals surface area contributed by atoms with Crippen LogP contribution in [-0.2, 0) is 70.9 Å². The monoisotopic (exact) mass is 1900 g/mol. The highest BCUT2D eigenvalue weighted by Crippen LogP contribution is 2.40. The van der Waals surface area contributed by atoms with Crippen molar-refractivity contribution >= 4 is 86.5 Å². The van der Waals surface area contributed by atoms with Crippen molar-refractivity contribution in [2.45, 2.75) is 87.9 Å². The second kappa shape index (κ2) is 39.8. The lowest BCUT2D eigenvalue weighted by Crippen LogP contribution is -2.53. The third-order valence-corrected chi connectivity index (χ3v) is 30.8. The molecule has 46 heteroatoms. The number of halogens is 15. The number of sulfone groups is 4. The normalized spacial score (nSPS) is 21.7. The average Bonchev–Trinajstić information content (AvgIpc) is 0.752. The molecule has 16 rings (SSSR count). The molecule has 8 saturated heterocycles. The molecule has 0 radical (unpaired) electrons. The van der Waals surface area contributed by atoms with Gasteiger partial charge in [0.2, 0.25) is 35.5 Å². The Hall–Kier alpha value is -10.9. The zero-order chi connectivity index (χ0) is 92.8. The van der Waals surface area contributed by atoms with Crippen LogP contribution in [0.5, 0.6) is 0 Å². The van der Waals surface area contributed by atoms with Gasteiger partial charge in [0.1, 0.15) is 62.6 Å². The van der Waals surface area contributed by atoms with Gasteiger partial charge in [-0.05, 0) is 129 Å². The van der Waals surface area contributed by atoms with Gasteiger partial charge in [-0.25, -0.2) is 108 Å². The zero-order valence-electron chi connectivity index (χ0n) is 68.5. The Labute approximate surface area is 731 Å². The number of hydrogen-bond acceptors (Lipinski definition) is 23. The molecule has 0 saturated carbocycles. The molecule has 8 aliphatic heterocycles. The van der Waals surface area contributed by atoms with E-state index in [2.05, 4.69) is 34.9 Å². The van der Waals surface area contributed by atoms with Gasteiger partial charge >= 0.3 is 12.4 Å². The molecular formula is C83H86F15N15O12S4. The summed E-state index contributed by atoms with van der Waals surface area (Å²) in [5.74, 6) is -10.5. The Balaban J connectivity index is 0.000000147. The second-order valence-corrected chi connectivity index (χ2v) is 41.5. The molecular weight excluding hydrogens is 1810 g/mol. The smallest absolute Gasteiger partial charge is 0.352 e. The molecule has 4 aromatic heterocycles. The number of piperazine rings is 4. The predicted molar refractivity (Wildman–Crippen MR) is 438 cm³/mol. The lowest BCUT2D eigenvalue weighted by molar-refractivity contribution is -0.142. The molecule has 8 aromatic rings. The highest BCUT2D eigenvalue weighted by Gasteiger charge is 2.45. The van der Waals surface area contributed by atoms with Crippen LogP contribution in [0.3, 0.4) is 0 Å². The molecule has 0 spiro atoms. The summed E-state index contributed by atoms with van der Waals surface area (Å²) < 4.78 is 295. The number of carbonyl (C=O) groups is 4. The minimum Gasteiger partial charge on any atom is -0.352 e. The van der Waals surface area contributed by atoms with Crippen LogP contribution in [0.15, 0.2) is 134 Å². The molecule has 0 N–H and O–H groups in total. The van der Waals surface area contributed by atoms with Crippen molar-refractivity contribution in [3.63, 3.8) is 0 Å². The Morgan fingerprint density at radius 1 is 0.310 bits per heavy atom. The van der Waals surface area contributed by atoms with E-state index in [9.17, 15) is 119 Å². The number of rotatable bonds is 12. The molecule has 0 aliphatic carbocycles. The summed E-state index contributed by atoms with van der Waals surface area (Å²) in [5.41, 5.74) is -0.784. The van der Waals surface area contributed by atoms with Gasteiger partial charge in [0.25, 0.3) is 0 Å². The van der Waals surface area contributed by atoms with Crippen molar-refractivity contribution < 1.29 is 119 Å². The fourth-order valence-corrected chi connectivity index (χ4v) is 22.8. The van der Waals surface area contributed by atoms with E-state index >= 15 is 0 Å². The van der Waals surface area contributed by atoms with Crippen LogP contribution >= 0.6 is 0 Å². The van der Waals surface area contributed by atoms with E-state index in [4.69, 9.17) is 0 Å². The van der Waals surface area contributed by atoms with Crippen molar-refractivity contribution in [1.29, 1.82) is 0 Å². The fraction of sp³-hybridized carbons (Fsp3) is 0.458. The standard InChI is InChI=1S/C22H22F5N3O3S.C21H21F5N4O3S.C20H21F3N4O3S.C20H22F2N4O3S/c23-17-3-1-15(11-18(17)24)19-13-29(20-4-2-16(12-28-20)22(25,26)27)7-8-30(19)21(31)14-5-9-34(32,33)10-6-14;22-15-2-1-14(9-16(15)23)17-12-29(19-11-27-18(10-28-19)21(24,25)26)5-6-30(17)20(31)13-3-7-34(32,33)8-4-13;21-14-1-2-16(17(23)9-14)18-12-26(20-24-10-15(22)11-25-20)5-6-27(18)19(28)13-3-7-31(29,30)8-4-13;21-16-3-2-15(12-17(16)22)18-13-25(20-23-6-1-7-24-20)8-9-26(18)19(27)14-4-10-30(28,29)11-5-14/h1-4,11-12,14,19H,5-10,13H2;1-2,9-11,13,17H,3-8,12H2;1-2,9-11,13,18H,3-8,12H2;1-3,6-7,12,14,18H,4-5,8-11,13H2. The molecule has 4 atom stereocenters. The van der Waals surface area contributed by atoms with E-state index < -0.39 is 157 Å². The molecule has 12 heterocycles. The topological polar surface area (TPSA) is 321 Å². The van der Waals surface area contributed by atoms with Crippen LogP contribution in [0.1, 0.15) is 109 Å². The van der Waals surface area contributed by atoms with Gasteiger partial charge in [0.15, 0.2) is 46.4 Å². The summed E-state index contributed by atoms with van der Waals surface area (Å²) >= 11 is 0. The highest BCUT2D eigenvalue weighted by molar-refractivity contribution is 7.92. The molecule has 8 aliphatic rings. The van der Waals surface area contributed by atoms with E-state index in [-0.39, 0.29) is 202 Å². The average molecular weight is 1900 g/mol. The number of aromatic nitrogens is 7. The predicted octanol–water partition coefficient (Wildman–Crippen LogP) is 10.7. The molecule has 129 heavy (non-hydrogen) atoms. The van der Waals surface area contributed by atoms with E-state index in [1.807, 2.05) is 4.90 Å². The highest BCUT2D eigenvalue weighted by atomic mass is 32.2. The number of pyridine rings is 1. The third kappa shape index (κ3) is 23.8. The van der Waals surface area contributed by atoms with E-state index in [1.165, 1.54) is 45.0 Å². The maximum atomic E-state index is 14.6. The van der Waals surface area contributed by atoms with Gasteiger partial charge < -0.3 is 39.2 Å². The van der Waals surface area contributed by atoms with E-state index in [0.29, 0.717) is 55.0 Å². The minimum absolute atomic E-state index is 0.00291. The Morgan fingerprint density at radius 2 is 0.659 bits per heavy atom. The number of hydrogen-bond donors (Lipinski definition) is 0. The summed E-state index contributed by atoms with van der Waals surface area (Å²) in [7, 11) is -12.6. The molecule has 4 unspecified atom stereocenters. The van der Waals surface area contributed by atoms with E-state index in [0.717, 1.165) is 79.4 Å². The number of benzene rings is 4. The number of alkyl halides is 6. The summed E-state index contributed by atoms with van der Waals surface area (Å²) in [6.07, 6.45) is 0.180.